The summed E-state index contributed by atoms with van der Waals surface area (Å²) < 4.78 is 29.0. The Morgan fingerprint density at radius 2 is 1.46 bits per heavy atom. The number of sulfonamides is 1. The van der Waals surface area contributed by atoms with Crippen molar-refractivity contribution in [1.29, 1.82) is 0 Å². The maximum atomic E-state index is 14.2. The fourth-order valence-corrected chi connectivity index (χ4v) is 6.49. The molecule has 10 heteroatoms. The molecule has 41 heavy (non-hydrogen) atoms. The molecule has 0 saturated carbocycles. The van der Waals surface area contributed by atoms with E-state index in [2.05, 4.69) is 5.32 Å². The van der Waals surface area contributed by atoms with E-state index in [4.69, 9.17) is 23.2 Å². The Labute approximate surface area is 253 Å². The second kappa shape index (κ2) is 14.2. The van der Waals surface area contributed by atoms with Crippen LogP contribution in [0, 0.1) is 13.8 Å². The monoisotopic (exact) mass is 617 g/mol. The van der Waals surface area contributed by atoms with Crippen molar-refractivity contribution < 1.29 is 18.0 Å². The average molecular weight is 619 g/mol. The lowest BCUT2D eigenvalue weighted by atomic mass is 10.1. The number of nitrogens with one attached hydrogen (secondary N) is 1. The summed E-state index contributed by atoms with van der Waals surface area (Å²) in [7, 11) is -4.15. The minimum absolute atomic E-state index is 0.0502. The fourth-order valence-electron chi connectivity index (χ4n) is 4.56. The zero-order valence-electron chi connectivity index (χ0n) is 24.0. The van der Waals surface area contributed by atoms with Crippen molar-refractivity contribution in [2.24, 2.45) is 0 Å². The van der Waals surface area contributed by atoms with E-state index < -0.39 is 28.5 Å². The van der Waals surface area contributed by atoms with Gasteiger partial charge in [0.25, 0.3) is 10.0 Å². The van der Waals surface area contributed by atoms with E-state index in [1.54, 1.807) is 55.5 Å². The maximum Gasteiger partial charge on any atom is 0.264 e. The number of halogens is 2. The van der Waals surface area contributed by atoms with Gasteiger partial charge in [0.05, 0.1) is 10.6 Å². The summed E-state index contributed by atoms with van der Waals surface area (Å²) in [6.07, 6.45) is 1.01. The summed E-state index contributed by atoms with van der Waals surface area (Å²) in [5, 5.41) is 3.64. The number of amides is 2. The van der Waals surface area contributed by atoms with Crippen LogP contribution >= 0.6 is 23.2 Å². The number of carbonyl (C=O) groups is 2. The van der Waals surface area contributed by atoms with Crippen LogP contribution in [-0.4, -0.2) is 43.8 Å². The number of rotatable bonds is 12. The van der Waals surface area contributed by atoms with Gasteiger partial charge in [-0.05, 0) is 81.1 Å². The lowest BCUT2D eigenvalue weighted by Crippen LogP contribution is -2.53. The van der Waals surface area contributed by atoms with Crippen LogP contribution in [0.1, 0.15) is 50.3 Å². The Morgan fingerprint density at radius 1 is 0.878 bits per heavy atom. The standard InChI is InChI=1S/C31H37Cl2N3O4S/c1-6-23(5)34-31(38)29(7-2)35(19-26-27(32)14-11-15-28(26)33)30(37)20-36(24-17-21(3)16-22(4)18-24)41(39,40)25-12-9-8-10-13-25/h8-18,23,29H,6-7,19-20H2,1-5H3,(H,34,38)/t23-,29-/m1/s1. The zero-order valence-corrected chi connectivity index (χ0v) is 26.4. The molecule has 0 heterocycles. The number of carbonyl (C=O) groups excluding carboxylic acids is 2. The second-order valence-electron chi connectivity index (χ2n) is 10.1. The van der Waals surface area contributed by atoms with E-state index in [0.29, 0.717) is 34.1 Å². The number of hydrogen-bond acceptors (Lipinski definition) is 4. The van der Waals surface area contributed by atoms with Crippen molar-refractivity contribution in [2.75, 3.05) is 10.8 Å². The molecule has 0 fully saturated rings. The van der Waals surface area contributed by atoms with Crippen molar-refractivity contribution >= 4 is 50.7 Å². The number of benzene rings is 3. The van der Waals surface area contributed by atoms with Gasteiger partial charge in [-0.15, -0.1) is 0 Å². The normalized spacial score (nSPS) is 12.9. The molecule has 7 nitrogen and oxygen atoms in total. The topological polar surface area (TPSA) is 86.8 Å². The first-order valence-electron chi connectivity index (χ1n) is 13.6. The fraction of sp³-hybridized carbons (Fsp3) is 0.355. The highest BCUT2D eigenvalue weighted by atomic mass is 35.5. The Kier molecular flexibility index (Phi) is 11.2. The van der Waals surface area contributed by atoms with Crippen LogP contribution in [0.4, 0.5) is 5.69 Å². The molecule has 0 unspecified atom stereocenters. The minimum Gasteiger partial charge on any atom is -0.352 e. The SMILES string of the molecule is CC[C@@H](C)NC(=O)[C@@H](CC)N(Cc1c(Cl)cccc1Cl)C(=O)CN(c1cc(C)cc(C)c1)S(=O)(=O)c1ccccc1. The quantitative estimate of drug-likeness (QED) is 0.250. The number of anilines is 1. The highest BCUT2D eigenvalue weighted by Gasteiger charge is 2.34. The average Bonchev–Trinajstić information content (AvgIpc) is 2.92. The third kappa shape index (κ3) is 8.03. The van der Waals surface area contributed by atoms with Crippen molar-refractivity contribution in [3.63, 3.8) is 0 Å². The van der Waals surface area contributed by atoms with Gasteiger partial charge in [-0.2, -0.15) is 0 Å². The molecule has 0 aliphatic heterocycles. The number of nitrogens with zero attached hydrogens (tertiary/aromatic N) is 2. The molecule has 2 atom stereocenters. The van der Waals surface area contributed by atoms with Crippen LogP contribution in [-0.2, 0) is 26.2 Å². The van der Waals surface area contributed by atoms with Crippen LogP contribution in [0.2, 0.25) is 10.0 Å². The third-order valence-corrected chi connectivity index (χ3v) is 9.38. The molecule has 0 spiro atoms. The predicted octanol–water partition coefficient (Wildman–Crippen LogP) is 6.53. The van der Waals surface area contributed by atoms with Gasteiger partial charge in [0.2, 0.25) is 11.8 Å². The number of hydrogen-bond donors (Lipinski definition) is 1. The van der Waals surface area contributed by atoms with Gasteiger partial charge in [0, 0.05) is 28.2 Å². The van der Waals surface area contributed by atoms with Crippen LogP contribution in [0.25, 0.3) is 0 Å². The molecule has 3 aromatic carbocycles. The van der Waals surface area contributed by atoms with E-state index in [-0.39, 0.29) is 23.4 Å². The Balaban J connectivity index is 2.12. The van der Waals surface area contributed by atoms with Gasteiger partial charge in [-0.3, -0.25) is 13.9 Å². The van der Waals surface area contributed by atoms with E-state index in [1.807, 2.05) is 33.8 Å². The van der Waals surface area contributed by atoms with Crippen molar-refractivity contribution in [1.82, 2.24) is 10.2 Å². The second-order valence-corrected chi connectivity index (χ2v) is 12.8. The molecule has 3 aromatic rings. The Bertz CT molecular complexity index is 1440. The molecule has 2 amide bonds. The summed E-state index contributed by atoms with van der Waals surface area (Å²) in [6.45, 7) is 8.76. The lowest BCUT2D eigenvalue weighted by molar-refractivity contribution is -0.140. The molecule has 0 aromatic heterocycles. The molecule has 1 N–H and O–H groups in total. The van der Waals surface area contributed by atoms with Crippen LogP contribution < -0.4 is 9.62 Å². The van der Waals surface area contributed by atoms with Gasteiger partial charge in [-0.25, -0.2) is 8.42 Å². The third-order valence-electron chi connectivity index (χ3n) is 6.88. The summed E-state index contributed by atoms with van der Waals surface area (Å²) in [5.74, 6) is -0.895. The molecule has 0 aliphatic rings. The molecule has 0 saturated heterocycles. The first-order valence-corrected chi connectivity index (χ1v) is 15.8. The van der Waals surface area contributed by atoms with Crippen molar-refractivity contribution in [3.05, 3.63) is 93.5 Å². The summed E-state index contributed by atoms with van der Waals surface area (Å²) >= 11 is 12.9. The zero-order chi connectivity index (χ0) is 30.3. The van der Waals surface area contributed by atoms with Crippen LogP contribution in [0.5, 0.6) is 0 Å². The maximum absolute atomic E-state index is 14.2. The van der Waals surface area contributed by atoms with Crippen molar-refractivity contribution in [2.45, 2.75) is 71.0 Å². The van der Waals surface area contributed by atoms with Crippen molar-refractivity contribution in [3.8, 4) is 0 Å². The Morgan fingerprint density at radius 3 is 2.00 bits per heavy atom. The minimum atomic E-state index is -4.15. The van der Waals surface area contributed by atoms with Gasteiger partial charge in [0.15, 0.2) is 0 Å². The van der Waals surface area contributed by atoms with Gasteiger partial charge in [0.1, 0.15) is 12.6 Å². The van der Waals surface area contributed by atoms with Crippen LogP contribution in [0.3, 0.4) is 0 Å². The molecular weight excluding hydrogens is 581 g/mol. The molecule has 0 aliphatic carbocycles. The number of aryl methyl sites for hydroxylation is 2. The highest BCUT2D eigenvalue weighted by molar-refractivity contribution is 7.92. The molecule has 3 rings (SSSR count). The van der Waals surface area contributed by atoms with Crippen LogP contribution in [0.15, 0.2) is 71.6 Å². The molecule has 220 valence electrons. The smallest absolute Gasteiger partial charge is 0.264 e. The first kappa shape index (κ1) is 32.4. The highest BCUT2D eigenvalue weighted by Crippen LogP contribution is 2.29. The van der Waals surface area contributed by atoms with E-state index in [9.17, 15) is 18.0 Å². The Hall–Kier alpha value is -3.07. The van der Waals surface area contributed by atoms with E-state index in [1.165, 1.54) is 17.0 Å². The van der Waals surface area contributed by atoms with Gasteiger partial charge < -0.3 is 10.2 Å². The summed E-state index contributed by atoms with van der Waals surface area (Å²) in [6, 6.07) is 17.4. The largest absolute Gasteiger partial charge is 0.352 e. The molecular formula is C31H37Cl2N3O4S. The molecule has 0 radical (unpaired) electrons. The predicted molar refractivity (Wildman–Crippen MR) is 166 cm³/mol. The van der Waals surface area contributed by atoms with Gasteiger partial charge in [-0.1, -0.05) is 67.4 Å². The summed E-state index contributed by atoms with van der Waals surface area (Å²) in [4.78, 5) is 29.1. The van der Waals surface area contributed by atoms with E-state index in [0.717, 1.165) is 15.4 Å². The summed E-state index contributed by atoms with van der Waals surface area (Å²) in [5.41, 5.74) is 2.52. The molecule has 0 bridgehead atoms. The van der Waals surface area contributed by atoms with Gasteiger partial charge >= 0.3 is 0 Å². The first-order chi connectivity index (χ1) is 19.4. The van der Waals surface area contributed by atoms with E-state index >= 15 is 0 Å². The lowest BCUT2D eigenvalue weighted by Gasteiger charge is -2.34.